The molecule has 2 rings (SSSR count). The van der Waals surface area contributed by atoms with E-state index in [0.717, 1.165) is 5.56 Å². The molecule has 0 saturated heterocycles. The molecule has 3 nitrogen and oxygen atoms in total. The van der Waals surface area contributed by atoms with Crippen LogP contribution in [0.15, 0.2) is 28.8 Å². The van der Waals surface area contributed by atoms with Gasteiger partial charge >= 0.3 is 0 Å². The zero-order valence-corrected chi connectivity index (χ0v) is 9.92. The summed E-state index contributed by atoms with van der Waals surface area (Å²) < 4.78 is 5.51. The van der Waals surface area contributed by atoms with Crippen LogP contribution >= 0.6 is 23.2 Å². The lowest BCUT2D eigenvalue weighted by atomic mass is 10.2. The van der Waals surface area contributed by atoms with E-state index in [2.05, 4.69) is 4.98 Å². The highest BCUT2D eigenvalue weighted by Gasteiger charge is 2.11. The maximum Gasteiger partial charge on any atom is 0.196 e. The Kier molecular flexibility index (Phi) is 3.49. The summed E-state index contributed by atoms with van der Waals surface area (Å²) in [4.78, 5) is 4.10. The molecule has 0 fully saturated rings. The van der Waals surface area contributed by atoms with Gasteiger partial charge in [-0.15, -0.1) is 0 Å². The Morgan fingerprint density at radius 2 is 2.12 bits per heavy atom. The molecule has 0 aliphatic carbocycles. The summed E-state index contributed by atoms with van der Waals surface area (Å²) in [5, 5.41) is 0.968. The fourth-order valence-corrected chi connectivity index (χ4v) is 1.76. The van der Waals surface area contributed by atoms with Crippen LogP contribution in [0.25, 0.3) is 11.3 Å². The van der Waals surface area contributed by atoms with E-state index < -0.39 is 0 Å². The lowest BCUT2D eigenvalue weighted by molar-refractivity contribution is 0.508. The predicted molar refractivity (Wildman–Crippen MR) is 64.7 cm³/mol. The highest BCUT2D eigenvalue weighted by Crippen LogP contribution is 2.33. The van der Waals surface area contributed by atoms with Gasteiger partial charge in [0.2, 0.25) is 0 Å². The van der Waals surface area contributed by atoms with E-state index in [4.69, 9.17) is 33.4 Å². The molecule has 1 heterocycles. The molecule has 0 radical (unpaired) electrons. The van der Waals surface area contributed by atoms with Crippen molar-refractivity contribution in [1.82, 2.24) is 4.98 Å². The predicted octanol–water partition coefficient (Wildman–Crippen LogP) is 3.15. The maximum absolute atomic E-state index is 6.07. The van der Waals surface area contributed by atoms with Crippen LogP contribution in [-0.4, -0.2) is 11.5 Å². The lowest BCUT2D eigenvalue weighted by Gasteiger charge is -2.01. The summed E-state index contributed by atoms with van der Waals surface area (Å²) in [6, 6.07) is 5.38. The molecule has 0 amide bonds. The molecule has 0 spiro atoms. The topological polar surface area (TPSA) is 52.0 Å². The molecule has 0 aliphatic heterocycles. The van der Waals surface area contributed by atoms with Gasteiger partial charge in [0, 0.05) is 18.5 Å². The third-order valence-electron chi connectivity index (χ3n) is 2.13. The number of oxazole rings is 1. The van der Waals surface area contributed by atoms with Crippen molar-refractivity contribution in [2.24, 2.45) is 5.73 Å². The second-order valence-corrected chi connectivity index (χ2v) is 4.04. The van der Waals surface area contributed by atoms with Gasteiger partial charge in [0.15, 0.2) is 11.7 Å². The van der Waals surface area contributed by atoms with Crippen LogP contribution in [0.5, 0.6) is 0 Å². The Hall–Kier alpha value is -1.03. The zero-order chi connectivity index (χ0) is 11.5. The van der Waals surface area contributed by atoms with Crippen LogP contribution in [0, 0.1) is 0 Å². The molecular formula is C11H10Cl2N2O. The summed E-state index contributed by atoms with van der Waals surface area (Å²) in [5.74, 6) is 1.21. The summed E-state index contributed by atoms with van der Waals surface area (Å²) in [6.45, 7) is 0.503. The van der Waals surface area contributed by atoms with Crippen LogP contribution in [-0.2, 0) is 6.42 Å². The van der Waals surface area contributed by atoms with Gasteiger partial charge in [-0.1, -0.05) is 29.3 Å². The Morgan fingerprint density at radius 3 is 2.88 bits per heavy atom. The molecule has 0 atom stereocenters. The number of aromatic nitrogens is 1. The molecule has 0 saturated carbocycles. The van der Waals surface area contributed by atoms with E-state index >= 15 is 0 Å². The Bertz CT molecular complexity index is 496. The van der Waals surface area contributed by atoms with Gasteiger partial charge in [0.05, 0.1) is 16.2 Å². The first-order valence-corrected chi connectivity index (χ1v) is 5.57. The maximum atomic E-state index is 6.07. The Balaban J connectivity index is 2.39. The molecule has 5 heteroatoms. The quantitative estimate of drug-likeness (QED) is 0.918. The van der Waals surface area contributed by atoms with E-state index in [9.17, 15) is 0 Å². The molecule has 0 aliphatic rings. The smallest absolute Gasteiger partial charge is 0.196 e. The van der Waals surface area contributed by atoms with Crippen LogP contribution in [0.3, 0.4) is 0 Å². The lowest BCUT2D eigenvalue weighted by Crippen LogP contribution is -2.02. The summed E-state index contributed by atoms with van der Waals surface area (Å²) in [5.41, 5.74) is 6.16. The molecule has 16 heavy (non-hydrogen) atoms. The molecular weight excluding hydrogens is 247 g/mol. The van der Waals surface area contributed by atoms with Crippen molar-refractivity contribution in [3.8, 4) is 11.3 Å². The van der Waals surface area contributed by atoms with Gasteiger partial charge in [0.25, 0.3) is 0 Å². The molecule has 0 bridgehead atoms. The van der Waals surface area contributed by atoms with Crippen LogP contribution in [0.1, 0.15) is 5.89 Å². The molecule has 0 unspecified atom stereocenters. The summed E-state index contributed by atoms with van der Waals surface area (Å²) in [7, 11) is 0. The monoisotopic (exact) mass is 256 g/mol. The standard InChI is InChI=1S/C11H10Cl2N2O/c12-8-3-1-2-7(11(8)13)9-6-15-10(16-9)4-5-14/h1-3,6H,4-5,14H2. The van der Waals surface area contributed by atoms with Crippen LogP contribution in [0.2, 0.25) is 10.0 Å². The van der Waals surface area contributed by atoms with Crippen molar-refractivity contribution in [2.75, 3.05) is 6.54 Å². The third-order valence-corrected chi connectivity index (χ3v) is 2.95. The Morgan fingerprint density at radius 1 is 1.31 bits per heavy atom. The number of halogens is 2. The third kappa shape index (κ3) is 2.21. The second-order valence-electron chi connectivity index (χ2n) is 3.26. The van der Waals surface area contributed by atoms with Crippen LogP contribution in [0.4, 0.5) is 0 Å². The van der Waals surface area contributed by atoms with E-state index in [1.165, 1.54) is 0 Å². The minimum Gasteiger partial charge on any atom is -0.441 e. The SMILES string of the molecule is NCCc1ncc(-c2cccc(Cl)c2Cl)o1. The first-order valence-electron chi connectivity index (χ1n) is 4.81. The van der Waals surface area contributed by atoms with Gasteiger partial charge in [-0.25, -0.2) is 4.98 Å². The van der Waals surface area contributed by atoms with Gasteiger partial charge in [-0.05, 0) is 12.1 Å². The van der Waals surface area contributed by atoms with Crippen molar-refractivity contribution in [2.45, 2.75) is 6.42 Å². The average molecular weight is 257 g/mol. The van der Waals surface area contributed by atoms with Crippen molar-refractivity contribution >= 4 is 23.2 Å². The molecule has 84 valence electrons. The van der Waals surface area contributed by atoms with Crippen molar-refractivity contribution in [3.05, 3.63) is 40.3 Å². The van der Waals surface area contributed by atoms with Gasteiger partial charge in [0.1, 0.15) is 0 Å². The van der Waals surface area contributed by atoms with Gasteiger partial charge in [-0.3, -0.25) is 0 Å². The highest BCUT2D eigenvalue weighted by atomic mass is 35.5. The van der Waals surface area contributed by atoms with Crippen molar-refractivity contribution in [1.29, 1.82) is 0 Å². The zero-order valence-electron chi connectivity index (χ0n) is 8.41. The minimum atomic E-state index is 0.472. The molecule has 1 aromatic carbocycles. The van der Waals surface area contributed by atoms with Crippen molar-refractivity contribution < 1.29 is 4.42 Å². The number of rotatable bonds is 3. The molecule has 2 N–H and O–H groups in total. The second kappa shape index (κ2) is 4.87. The number of nitrogens with zero attached hydrogens (tertiary/aromatic N) is 1. The number of nitrogens with two attached hydrogens (primary N) is 1. The number of hydrogen-bond acceptors (Lipinski definition) is 3. The number of benzene rings is 1. The number of hydrogen-bond donors (Lipinski definition) is 1. The molecule has 2 aromatic rings. The molecule has 1 aromatic heterocycles. The van der Waals surface area contributed by atoms with Crippen molar-refractivity contribution in [3.63, 3.8) is 0 Å². The van der Waals surface area contributed by atoms with E-state index in [0.29, 0.717) is 34.7 Å². The average Bonchev–Trinajstić information content (AvgIpc) is 2.71. The van der Waals surface area contributed by atoms with E-state index in [1.54, 1.807) is 12.3 Å². The van der Waals surface area contributed by atoms with Crippen LogP contribution < -0.4 is 5.73 Å². The fourth-order valence-electron chi connectivity index (χ4n) is 1.37. The summed E-state index contributed by atoms with van der Waals surface area (Å²) >= 11 is 12.0. The first kappa shape index (κ1) is 11.5. The van der Waals surface area contributed by atoms with Gasteiger partial charge < -0.3 is 10.2 Å². The first-order chi connectivity index (χ1) is 7.72. The summed E-state index contributed by atoms with van der Waals surface area (Å²) in [6.07, 6.45) is 2.24. The van der Waals surface area contributed by atoms with Gasteiger partial charge in [-0.2, -0.15) is 0 Å². The normalized spacial score (nSPS) is 10.7. The highest BCUT2D eigenvalue weighted by molar-refractivity contribution is 6.43. The Labute approximate surface area is 103 Å². The largest absolute Gasteiger partial charge is 0.441 e. The van der Waals surface area contributed by atoms with E-state index in [-0.39, 0.29) is 0 Å². The fraction of sp³-hybridized carbons (Fsp3) is 0.182. The minimum absolute atomic E-state index is 0.472. The van der Waals surface area contributed by atoms with E-state index in [1.807, 2.05) is 12.1 Å².